The van der Waals surface area contributed by atoms with Crippen molar-refractivity contribution in [2.24, 2.45) is 5.16 Å². The summed E-state index contributed by atoms with van der Waals surface area (Å²) in [6, 6.07) is 4.73. The molecule has 1 fully saturated rings. The van der Waals surface area contributed by atoms with Gasteiger partial charge >= 0.3 is 5.97 Å². The fourth-order valence-electron chi connectivity index (χ4n) is 4.99. The van der Waals surface area contributed by atoms with Gasteiger partial charge in [-0.05, 0) is 26.1 Å². The van der Waals surface area contributed by atoms with Gasteiger partial charge < -0.3 is 40.8 Å². The lowest BCUT2D eigenvalue weighted by atomic mass is 10.0. The van der Waals surface area contributed by atoms with Crippen LogP contribution in [0.15, 0.2) is 47.0 Å². The number of amides is 2. The van der Waals surface area contributed by atoms with Gasteiger partial charge in [-0.2, -0.15) is 4.57 Å². The number of carboxylic acid groups (broad SMARTS) is 2. The smallest absolute Gasteiger partial charge is 0.344 e. The van der Waals surface area contributed by atoms with E-state index < -0.39 is 47.5 Å². The Bertz CT molecular complexity index is 1700. The molecule has 0 aromatic carbocycles. The average molecular weight is 663 g/mol. The zero-order valence-corrected chi connectivity index (χ0v) is 25.6. The Morgan fingerprint density at radius 3 is 2.84 bits per heavy atom. The minimum atomic E-state index is -1.50. The largest absolute Gasteiger partial charge is 0.543 e. The van der Waals surface area contributed by atoms with Crippen molar-refractivity contribution >= 4 is 80.3 Å². The summed E-state index contributed by atoms with van der Waals surface area (Å²) >= 11 is 8.27. The number of nitrogen functional groups attached to an aromatic ring is 1. The van der Waals surface area contributed by atoms with Crippen LogP contribution in [0.1, 0.15) is 12.1 Å². The zero-order valence-electron chi connectivity index (χ0n) is 23.2. The molecule has 2 aliphatic heterocycles. The van der Waals surface area contributed by atoms with Gasteiger partial charge in [0, 0.05) is 36.2 Å². The zero-order chi connectivity index (χ0) is 31.5. The lowest BCUT2D eigenvalue weighted by Gasteiger charge is -2.50. The van der Waals surface area contributed by atoms with Crippen LogP contribution in [-0.2, 0) is 37.1 Å². The number of fused-ring (bicyclic) bond motifs is 2. The molecule has 1 saturated heterocycles. The maximum atomic E-state index is 13.3. The molecule has 44 heavy (non-hydrogen) atoms. The van der Waals surface area contributed by atoms with Crippen molar-refractivity contribution in [1.29, 1.82) is 0 Å². The number of anilines is 1. The Morgan fingerprint density at radius 2 is 2.16 bits per heavy atom. The number of β-lactam (4-membered cyclic amide) rings is 1. The van der Waals surface area contributed by atoms with Crippen molar-refractivity contribution < 1.29 is 38.8 Å². The van der Waals surface area contributed by atoms with Gasteiger partial charge in [-0.3, -0.25) is 14.5 Å². The SMILES string of the molecule is CNCCCn1ccc2c1ccc[n+]2CC1=C(C(=O)[O-])N2C(=O)[C@@H](NC(=O)/C(=N\OCC(=O)O)c3nc(N)sc3Cl)[C@H]2SC1. The number of thiazole rings is 1. The highest BCUT2D eigenvalue weighted by atomic mass is 35.5. The number of pyridine rings is 1. The number of carbonyl (C=O) groups excluding carboxylic acids is 3. The third-order valence-corrected chi connectivity index (χ3v) is 9.34. The van der Waals surface area contributed by atoms with Crippen molar-refractivity contribution in [3.8, 4) is 0 Å². The summed E-state index contributed by atoms with van der Waals surface area (Å²) in [5.74, 6) is -4.19. The molecule has 0 aliphatic carbocycles. The number of halogens is 1. The van der Waals surface area contributed by atoms with Gasteiger partial charge in [-0.1, -0.05) is 28.1 Å². The van der Waals surface area contributed by atoms with Gasteiger partial charge in [0.2, 0.25) is 12.1 Å². The summed E-state index contributed by atoms with van der Waals surface area (Å²) in [7, 11) is 1.90. The fraction of sp³-hybridized carbons (Fsp3) is 0.346. The van der Waals surface area contributed by atoms with E-state index in [9.17, 15) is 24.3 Å². The molecule has 232 valence electrons. The second-order valence-electron chi connectivity index (χ2n) is 9.75. The number of aliphatic carboxylic acids is 2. The van der Waals surface area contributed by atoms with E-state index in [1.54, 1.807) is 0 Å². The lowest BCUT2D eigenvalue weighted by Crippen LogP contribution is -2.71. The van der Waals surface area contributed by atoms with Crippen LogP contribution in [0.4, 0.5) is 5.13 Å². The van der Waals surface area contributed by atoms with E-state index in [-0.39, 0.29) is 33.2 Å². The van der Waals surface area contributed by atoms with Gasteiger partial charge in [0.25, 0.3) is 11.8 Å². The van der Waals surface area contributed by atoms with Crippen LogP contribution < -0.4 is 26.0 Å². The molecule has 15 nitrogen and oxygen atoms in total. The van der Waals surface area contributed by atoms with E-state index in [2.05, 4.69) is 25.3 Å². The number of hydrogen-bond donors (Lipinski definition) is 4. The Labute approximate surface area is 263 Å². The monoisotopic (exact) mass is 662 g/mol. The van der Waals surface area contributed by atoms with Crippen LogP contribution in [0, 0.1) is 0 Å². The maximum Gasteiger partial charge on any atom is 0.344 e. The van der Waals surface area contributed by atoms with Gasteiger partial charge in [0.1, 0.15) is 27.0 Å². The molecule has 2 amide bonds. The first-order valence-corrected chi connectivity index (χ1v) is 15.5. The first-order chi connectivity index (χ1) is 21.1. The number of thioether (sulfide) groups is 1. The number of rotatable bonds is 13. The number of hydrogen-bond acceptors (Lipinski definition) is 12. The van der Waals surface area contributed by atoms with E-state index in [0.717, 1.165) is 46.8 Å². The van der Waals surface area contributed by atoms with Crippen LogP contribution in [0.5, 0.6) is 0 Å². The molecule has 2 atom stereocenters. The van der Waals surface area contributed by atoms with Crippen LogP contribution in [0.2, 0.25) is 4.34 Å². The number of nitrogens with two attached hydrogens (primary N) is 1. The van der Waals surface area contributed by atoms with E-state index in [1.165, 1.54) is 11.8 Å². The van der Waals surface area contributed by atoms with Gasteiger partial charge in [-0.25, -0.2) is 9.78 Å². The normalized spacial score (nSPS) is 18.3. The highest BCUT2D eigenvalue weighted by Crippen LogP contribution is 2.40. The van der Waals surface area contributed by atoms with Crippen molar-refractivity contribution in [3.63, 3.8) is 0 Å². The van der Waals surface area contributed by atoms with E-state index in [0.29, 0.717) is 5.57 Å². The van der Waals surface area contributed by atoms with E-state index in [1.807, 2.05) is 42.2 Å². The predicted octanol–water partition coefficient (Wildman–Crippen LogP) is -0.860. The van der Waals surface area contributed by atoms with Crippen LogP contribution in [0.3, 0.4) is 0 Å². The van der Waals surface area contributed by atoms with Crippen molar-refractivity contribution in [3.05, 3.63) is 51.9 Å². The molecule has 5 N–H and O–H groups in total. The maximum absolute atomic E-state index is 13.3. The summed E-state index contributed by atoms with van der Waals surface area (Å²) in [4.78, 5) is 59.5. The van der Waals surface area contributed by atoms with E-state index in [4.69, 9.17) is 27.3 Å². The quantitative estimate of drug-likeness (QED) is 0.0582. The molecule has 0 saturated carbocycles. The topological polar surface area (TPSA) is 208 Å². The third kappa shape index (κ3) is 6.21. The molecule has 3 aromatic rings. The average Bonchev–Trinajstić information content (AvgIpc) is 3.55. The van der Waals surface area contributed by atoms with Crippen molar-refractivity contribution in [1.82, 2.24) is 25.1 Å². The predicted molar refractivity (Wildman–Crippen MR) is 159 cm³/mol. The molecule has 2 aliphatic rings. The molecule has 0 unspecified atom stereocenters. The number of carboxylic acids is 2. The summed E-state index contributed by atoms with van der Waals surface area (Å²) < 4.78 is 4.05. The number of nitrogens with one attached hydrogen (secondary N) is 2. The molecule has 5 heterocycles. The second-order valence-corrected chi connectivity index (χ2v) is 12.5. The molecular formula is C26H27ClN8O7S2. The van der Waals surface area contributed by atoms with Gasteiger partial charge in [-0.15, -0.1) is 11.8 Å². The van der Waals surface area contributed by atoms with Crippen LogP contribution in [0.25, 0.3) is 11.0 Å². The summed E-state index contributed by atoms with van der Waals surface area (Å²) in [5.41, 5.74) is 7.18. The molecule has 5 rings (SSSR count). The number of carbonyl (C=O) groups is 4. The van der Waals surface area contributed by atoms with Crippen molar-refractivity contribution in [2.75, 3.05) is 31.7 Å². The van der Waals surface area contributed by atoms with Crippen LogP contribution >= 0.6 is 34.7 Å². The highest BCUT2D eigenvalue weighted by molar-refractivity contribution is 8.00. The number of nitrogens with zero attached hydrogens (tertiary/aromatic N) is 5. The standard InChI is InChI=1S/C26H27ClN8O7S2/c1-29-6-3-8-33-9-5-15-14(33)4-2-7-34(15)10-13-12-43-24-19(23(39)35(24)20(13)25(40)41)30-22(38)18(32-42-11-16(36)37)17-21(27)44-26(28)31-17/h2,4-5,7,9,19,24,29H,3,6,8,10-12H2,1H3,(H4-,28,30,31,36,37,38,40,41)/b32-18-/t19-,24-/m1/s1. The van der Waals surface area contributed by atoms with E-state index >= 15 is 0 Å². The fourth-order valence-corrected chi connectivity index (χ4v) is 7.25. The summed E-state index contributed by atoms with van der Waals surface area (Å²) in [5, 5.41) is 29.7. The number of aromatic nitrogens is 3. The highest BCUT2D eigenvalue weighted by Gasteiger charge is 2.53. The Kier molecular flexibility index (Phi) is 9.38. The summed E-state index contributed by atoms with van der Waals surface area (Å²) in [6.07, 6.45) is 4.78. The summed E-state index contributed by atoms with van der Waals surface area (Å²) in [6.45, 7) is 1.05. The number of aryl methyl sites for hydroxylation is 1. The van der Waals surface area contributed by atoms with Crippen molar-refractivity contribution in [2.45, 2.75) is 30.9 Å². The van der Waals surface area contributed by atoms with Gasteiger partial charge in [0.15, 0.2) is 23.6 Å². The molecule has 3 aromatic heterocycles. The Morgan fingerprint density at radius 1 is 1.36 bits per heavy atom. The van der Waals surface area contributed by atoms with Crippen LogP contribution in [-0.4, -0.2) is 86.4 Å². The molecule has 18 heteroatoms. The molecule has 0 spiro atoms. The molecule has 0 bridgehead atoms. The molecule has 0 radical (unpaired) electrons. The molecular weight excluding hydrogens is 636 g/mol. The second kappa shape index (κ2) is 13.2. The lowest BCUT2D eigenvalue weighted by molar-refractivity contribution is -0.663. The van der Waals surface area contributed by atoms with Gasteiger partial charge in [0.05, 0.1) is 11.7 Å². The third-order valence-electron chi connectivity index (χ3n) is 6.91. The number of oxime groups is 1. The first kappa shape index (κ1) is 31.2. The first-order valence-electron chi connectivity index (χ1n) is 13.3. The Hall–Kier alpha value is -4.19. The minimum Gasteiger partial charge on any atom is -0.543 e. The Balaban J connectivity index is 1.36. The minimum absolute atomic E-state index is 0.00317.